The van der Waals surface area contributed by atoms with Crippen molar-refractivity contribution in [2.75, 3.05) is 7.05 Å². The molecule has 4 N–H and O–H groups in total. The predicted molar refractivity (Wildman–Crippen MR) is 80.7 cm³/mol. The summed E-state index contributed by atoms with van der Waals surface area (Å²) in [6.07, 6.45) is 0. The van der Waals surface area contributed by atoms with Crippen LogP contribution in [0.3, 0.4) is 0 Å². The van der Waals surface area contributed by atoms with Crippen LogP contribution in [0.25, 0.3) is 0 Å². The van der Waals surface area contributed by atoms with Crippen LogP contribution in [0, 0.1) is 0 Å². The summed E-state index contributed by atoms with van der Waals surface area (Å²) in [4.78, 5) is 2.97. The second-order valence-electron chi connectivity index (χ2n) is 7.08. The molecule has 0 saturated carbocycles. The van der Waals surface area contributed by atoms with Gasteiger partial charge in [0.15, 0.2) is 0 Å². The Bertz CT molecular complexity index is 467. The topological polar surface area (TPSA) is 60.2 Å². The van der Waals surface area contributed by atoms with E-state index in [2.05, 4.69) is 46.5 Å². The largest absolute Gasteiger partial charge is 0.507 e. The zero-order chi connectivity index (χ0) is 15.0. The van der Waals surface area contributed by atoms with Gasteiger partial charge in [0.1, 0.15) is 5.75 Å². The molecule has 1 rings (SSSR count). The van der Waals surface area contributed by atoms with E-state index in [1.807, 2.05) is 12.1 Å². The van der Waals surface area contributed by atoms with E-state index in [9.17, 15) is 5.11 Å². The smallest absolute Gasteiger partial charge is 0.272 e. The minimum absolute atomic E-state index is 0.131. The van der Waals surface area contributed by atoms with E-state index >= 15 is 0 Å². The molecule has 0 radical (unpaired) electrons. The standard InChI is InChI=1S/C16H26N2O/c1-15(2,3)11-8-10(14(17)18-7)9-12(13(11)19)16(4,5)6/h8-9,19H,1-7H3,(H2,17,18)/p+1. The zero-order valence-electron chi connectivity index (χ0n) is 13.2. The highest BCUT2D eigenvalue weighted by Crippen LogP contribution is 2.39. The van der Waals surface area contributed by atoms with Gasteiger partial charge in [-0.15, -0.1) is 0 Å². The maximum Gasteiger partial charge on any atom is 0.272 e. The minimum Gasteiger partial charge on any atom is -0.507 e. The molecule has 0 unspecified atom stereocenters. The highest BCUT2D eigenvalue weighted by atomic mass is 16.3. The fourth-order valence-corrected chi connectivity index (χ4v) is 2.08. The number of nitrogen functional groups attached to an aromatic ring is 1. The predicted octanol–water partition coefficient (Wildman–Crippen LogP) is 1.40. The van der Waals surface area contributed by atoms with Crippen LogP contribution in [0.1, 0.15) is 58.2 Å². The lowest BCUT2D eigenvalue weighted by atomic mass is 9.78. The van der Waals surface area contributed by atoms with Crippen molar-refractivity contribution >= 4 is 5.84 Å². The number of rotatable bonds is 1. The second kappa shape index (κ2) is 4.87. The Hall–Kier alpha value is -1.51. The first-order valence-electron chi connectivity index (χ1n) is 6.67. The molecule has 0 aliphatic heterocycles. The third-order valence-corrected chi connectivity index (χ3v) is 3.31. The van der Waals surface area contributed by atoms with Crippen molar-refractivity contribution in [3.63, 3.8) is 0 Å². The van der Waals surface area contributed by atoms with Gasteiger partial charge < -0.3 is 5.11 Å². The van der Waals surface area contributed by atoms with Gasteiger partial charge in [-0.25, -0.2) is 0 Å². The third-order valence-electron chi connectivity index (χ3n) is 3.31. The molecule has 0 aliphatic carbocycles. The average molecular weight is 263 g/mol. The molecule has 0 aliphatic rings. The van der Waals surface area contributed by atoms with Gasteiger partial charge in [0.05, 0.1) is 12.6 Å². The van der Waals surface area contributed by atoms with Gasteiger partial charge in [-0.1, -0.05) is 41.5 Å². The first-order chi connectivity index (χ1) is 8.48. The SMILES string of the molecule is C[NH+]=C(N)c1cc(C(C)(C)C)c(O)c(C(C)(C)C)c1. The monoisotopic (exact) mass is 263 g/mol. The fraction of sp³-hybridized carbons (Fsp3) is 0.562. The number of amidine groups is 1. The average Bonchev–Trinajstić information content (AvgIpc) is 2.25. The summed E-state index contributed by atoms with van der Waals surface area (Å²) in [5, 5.41) is 10.6. The van der Waals surface area contributed by atoms with Crippen molar-refractivity contribution in [3.05, 3.63) is 28.8 Å². The van der Waals surface area contributed by atoms with E-state index in [-0.39, 0.29) is 10.8 Å². The van der Waals surface area contributed by atoms with Crippen molar-refractivity contribution in [1.29, 1.82) is 0 Å². The molecule has 0 aromatic heterocycles. The number of phenolic OH excluding ortho intramolecular Hbond substituents is 1. The van der Waals surface area contributed by atoms with Crippen LogP contribution in [-0.4, -0.2) is 18.0 Å². The summed E-state index contributed by atoms with van der Waals surface area (Å²) in [6.45, 7) is 12.5. The van der Waals surface area contributed by atoms with E-state index in [1.54, 1.807) is 7.05 Å². The van der Waals surface area contributed by atoms with E-state index in [0.29, 0.717) is 11.6 Å². The molecule has 1 aromatic carbocycles. The molecule has 3 nitrogen and oxygen atoms in total. The van der Waals surface area contributed by atoms with Crippen LogP contribution < -0.4 is 10.7 Å². The molecular formula is C16H27N2O+. The molecule has 0 atom stereocenters. The Kier molecular flexibility index (Phi) is 3.99. The summed E-state index contributed by atoms with van der Waals surface area (Å²) in [6, 6.07) is 3.94. The Morgan fingerprint density at radius 1 is 1.00 bits per heavy atom. The van der Waals surface area contributed by atoms with Crippen LogP contribution in [0.4, 0.5) is 0 Å². The van der Waals surface area contributed by atoms with E-state index in [1.165, 1.54) is 0 Å². The van der Waals surface area contributed by atoms with Gasteiger partial charge in [-0.2, -0.15) is 0 Å². The maximum atomic E-state index is 10.6. The Balaban J connectivity index is 3.67. The number of hydrogen-bond acceptors (Lipinski definition) is 1. The lowest BCUT2D eigenvalue weighted by molar-refractivity contribution is -0.420. The van der Waals surface area contributed by atoms with Crippen LogP contribution >= 0.6 is 0 Å². The quantitative estimate of drug-likeness (QED) is 0.530. The third kappa shape index (κ3) is 3.28. The maximum absolute atomic E-state index is 10.6. The Morgan fingerprint density at radius 3 is 1.63 bits per heavy atom. The van der Waals surface area contributed by atoms with Crippen molar-refractivity contribution in [2.45, 2.75) is 52.4 Å². The van der Waals surface area contributed by atoms with E-state index in [0.717, 1.165) is 16.7 Å². The number of nitrogens with two attached hydrogens (primary N) is 1. The van der Waals surface area contributed by atoms with Crippen LogP contribution in [0.15, 0.2) is 12.1 Å². The molecule has 0 fully saturated rings. The van der Waals surface area contributed by atoms with Gasteiger partial charge in [-0.3, -0.25) is 10.7 Å². The number of benzene rings is 1. The Morgan fingerprint density at radius 2 is 1.37 bits per heavy atom. The molecule has 0 amide bonds. The molecule has 1 aromatic rings. The first-order valence-corrected chi connectivity index (χ1v) is 6.67. The number of aromatic hydroxyl groups is 1. The highest BCUT2D eigenvalue weighted by molar-refractivity contribution is 5.93. The second-order valence-corrected chi connectivity index (χ2v) is 7.08. The molecule has 0 heterocycles. The van der Waals surface area contributed by atoms with Crippen molar-refractivity contribution in [1.82, 2.24) is 0 Å². The van der Waals surface area contributed by atoms with Crippen LogP contribution in [0.2, 0.25) is 0 Å². The molecular weight excluding hydrogens is 236 g/mol. The number of phenols is 1. The van der Waals surface area contributed by atoms with E-state index in [4.69, 9.17) is 5.73 Å². The lowest BCUT2D eigenvalue weighted by Crippen LogP contribution is -2.71. The molecule has 0 bridgehead atoms. The summed E-state index contributed by atoms with van der Waals surface area (Å²) < 4.78 is 0. The normalized spacial score (nSPS) is 13.7. The molecule has 19 heavy (non-hydrogen) atoms. The lowest BCUT2D eigenvalue weighted by Gasteiger charge is -2.27. The van der Waals surface area contributed by atoms with Gasteiger partial charge in [0, 0.05) is 11.1 Å². The molecule has 3 heteroatoms. The first kappa shape index (κ1) is 15.5. The number of hydrogen-bond donors (Lipinski definition) is 3. The van der Waals surface area contributed by atoms with E-state index < -0.39 is 0 Å². The van der Waals surface area contributed by atoms with Crippen LogP contribution in [0.5, 0.6) is 5.75 Å². The minimum atomic E-state index is -0.131. The Labute approximate surface area is 116 Å². The highest BCUT2D eigenvalue weighted by Gasteiger charge is 2.27. The summed E-state index contributed by atoms with van der Waals surface area (Å²) in [7, 11) is 1.80. The van der Waals surface area contributed by atoms with Crippen molar-refractivity contribution < 1.29 is 10.1 Å². The summed E-state index contributed by atoms with van der Waals surface area (Å²) in [5.41, 5.74) is 8.51. The van der Waals surface area contributed by atoms with Gasteiger partial charge in [-0.05, 0) is 23.0 Å². The van der Waals surface area contributed by atoms with Gasteiger partial charge >= 0.3 is 0 Å². The summed E-state index contributed by atoms with van der Waals surface area (Å²) >= 11 is 0. The van der Waals surface area contributed by atoms with Crippen molar-refractivity contribution in [3.8, 4) is 5.75 Å². The number of nitrogens with one attached hydrogen (secondary N) is 1. The van der Waals surface area contributed by atoms with Crippen molar-refractivity contribution in [2.24, 2.45) is 5.73 Å². The van der Waals surface area contributed by atoms with Gasteiger partial charge in [0.2, 0.25) is 0 Å². The fourth-order valence-electron chi connectivity index (χ4n) is 2.08. The zero-order valence-corrected chi connectivity index (χ0v) is 13.2. The van der Waals surface area contributed by atoms with Crippen LogP contribution in [-0.2, 0) is 10.8 Å². The molecule has 0 spiro atoms. The molecule has 106 valence electrons. The summed E-state index contributed by atoms with van der Waals surface area (Å²) in [5.74, 6) is 1.00. The molecule has 0 saturated heterocycles. The van der Waals surface area contributed by atoms with Gasteiger partial charge in [0.25, 0.3) is 5.84 Å².